The van der Waals surface area contributed by atoms with Crippen LogP contribution in [0.2, 0.25) is 0 Å². The summed E-state index contributed by atoms with van der Waals surface area (Å²) in [6, 6.07) is 4.01. The van der Waals surface area contributed by atoms with Gasteiger partial charge in [-0.15, -0.1) is 0 Å². The molecule has 0 aromatic carbocycles. The van der Waals surface area contributed by atoms with Crippen LogP contribution in [0, 0.1) is 6.92 Å². The fourth-order valence-electron chi connectivity index (χ4n) is 3.56. The van der Waals surface area contributed by atoms with Gasteiger partial charge in [-0.1, -0.05) is 24.6 Å². The summed E-state index contributed by atoms with van der Waals surface area (Å²) in [7, 11) is 0. The standard InChI is InChI=1S/C19H25N3O3S/c1-13-16(18(24)21-19(20-13)26-2)9-10-17(23)22(14-6-3-4-7-14)12-15-8-5-11-25-15/h5,8,11,14H,3-4,6-7,9-10,12H2,1-2H3,(H,20,21,24). The average molecular weight is 375 g/mol. The lowest BCUT2D eigenvalue weighted by atomic mass is 10.1. The number of carbonyl (C=O) groups is 1. The smallest absolute Gasteiger partial charge is 0.254 e. The Morgan fingerprint density at radius 2 is 2.19 bits per heavy atom. The molecule has 0 radical (unpaired) electrons. The van der Waals surface area contributed by atoms with E-state index in [1.165, 1.54) is 11.8 Å². The van der Waals surface area contributed by atoms with Crippen molar-refractivity contribution in [3.05, 3.63) is 45.8 Å². The highest BCUT2D eigenvalue weighted by Crippen LogP contribution is 2.26. The number of aromatic nitrogens is 2. The van der Waals surface area contributed by atoms with Gasteiger partial charge in [-0.25, -0.2) is 4.98 Å². The summed E-state index contributed by atoms with van der Waals surface area (Å²) >= 11 is 1.40. The molecule has 140 valence electrons. The molecule has 2 aromatic heterocycles. The van der Waals surface area contributed by atoms with E-state index in [0.717, 1.165) is 31.4 Å². The number of nitrogens with one attached hydrogen (secondary N) is 1. The van der Waals surface area contributed by atoms with Crippen molar-refractivity contribution in [2.45, 2.75) is 63.2 Å². The highest BCUT2D eigenvalue weighted by atomic mass is 32.2. The van der Waals surface area contributed by atoms with E-state index in [2.05, 4.69) is 9.97 Å². The van der Waals surface area contributed by atoms with Gasteiger partial charge in [0.1, 0.15) is 5.76 Å². The number of H-pyrrole nitrogens is 1. The second-order valence-corrected chi connectivity index (χ2v) is 7.47. The van der Waals surface area contributed by atoms with Gasteiger partial charge in [0.25, 0.3) is 5.56 Å². The number of aryl methyl sites for hydroxylation is 1. The van der Waals surface area contributed by atoms with E-state index in [4.69, 9.17) is 4.42 Å². The largest absolute Gasteiger partial charge is 0.467 e. The Labute approximate surface area is 157 Å². The van der Waals surface area contributed by atoms with Gasteiger partial charge in [-0.3, -0.25) is 9.59 Å². The van der Waals surface area contributed by atoms with Crippen LogP contribution in [0.5, 0.6) is 0 Å². The van der Waals surface area contributed by atoms with E-state index in [1.807, 2.05) is 30.2 Å². The molecule has 1 N–H and O–H groups in total. The minimum absolute atomic E-state index is 0.0704. The number of aromatic amines is 1. The van der Waals surface area contributed by atoms with Crippen molar-refractivity contribution < 1.29 is 9.21 Å². The molecule has 2 heterocycles. The van der Waals surface area contributed by atoms with Gasteiger partial charge in [-0.2, -0.15) is 0 Å². The average Bonchev–Trinajstić information content (AvgIpc) is 3.32. The summed E-state index contributed by atoms with van der Waals surface area (Å²) in [5.74, 6) is 0.867. The topological polar surface area (TPSA) is 79.2 Å². The Hall–Kier alpha value is -2.02. The van der Waals surface area contributed by atoms with Gasteiger partial charge in [0, 0.05) is 23.7 Å². The third-order valence-corrected chi connectivity index (χ3v) is 5.55. The number of nitrogens with zero attached hydrogens (tertiary/aromatic N) is 2. The van der Waals surface area contributed by atoms with Crippen molar-refractivity contribution in [1.29, 1.82) is 0 Å². The number of carbonyl (C=O) groups excluding carboxylic acids is 1. The molecular formula is C19H25N3O3S. The normalized spacial score (nSPS) is 14.7. The Morgan fingerprint density at radius 3 is 2.81 bits per heavy atom. The summed E-state index contributed by atoms with van der Waals surface area (Å²) in [6.45, 7) is 2.32. The quantitative estimate of drug-likeness (QED) is 0.593. The van der Waals surface area contributed by atoms with Crippen molar-refractivity contribution in [2.75, 3.05) is 6.26 Å². The first-order chi connectivity index (χ1) is 12.6. The second-order valence-electron chi connectivity index (χ2n) is 6.68. The number of thioether (sulfide) groups is 1. The monoisotopic (exact) mass is 375 g/mol. The molecule has 0 aliphatic heterocycles. The van der Waals surface area contributed by atoms with Crippen molar-refractivity contribution in [1.82, 2.24) is 14.9 Å². The summed E-state index contributed by atoms with van der Waals surface area (Å²) in [5, 5.41) is 0.605. The van der Waals surface area contributed by atoms with Crippen molar-refractivity contribution in [3.63, 3.8) is 0 Å². The van der Waals surface area contributed by atoms with Crippen LogP contribution in [0.25, 0.3) is 0 Å². The molecular weight excluding hydrogens is 350 g/mol. The molecule has 7 heteroatoms. The number of furan rings is 1. The molecule has 1 amide bonds. The minimum Gasteiger partial charge on any atom is -0.467 e. The van der Waals surface area contributed by atoms with Crippen LogP contribution in [-0.2, 0) is 17.8 Å². The molecule has 0 unspecified atom stereocenters. The van der Waals surface area contributed by atoms with Crippen LogP contribution >= 0.6 is 11.8 Å². The highest BCUT2D eigenvalue weighted by molar-refractivity contribution is 7.98. The molecule has 2 aromatic rings. The van der Waals surface area contributed by atoms with Gasteiger partial charge in [-0.05, 0) is 44.6 Å². The second kappa shape index (κ2) is 8.58. The lowest BCUT2D eigenvalue weighted by molar-refractivity contribution is -0.134. The SMILES string of the molecule is CSc1nc(C)c(CCC(=O)N(Cc2ccco2)C2CCCC2)c(=O)[nH]1. The molecule has 0 saturated heterocycles. The van der Waals surface area contributed by atoms with Gasteiger partial charge in [0.2, 0.25) is 5.91 Å². The maximum atomic E-state index is 12.9. The number of hydrogen-bond donors (Lipinski definition) is 1. The predicted molar refractivity (Wildman–Crippen MR) is 101 cm³/mol. The fraction of sp³-hybridized carbons (Fsp3) is 0.526. The van der Waals surface area contributed by atoms with Crippen LogP contribution in [0.4, 0.5) is 0 Å². The van der Waals surface area contributed by atoms with Crippen molar-refractivity contribution >= 4 is 17.7 Å². The maximum absolute atomic E-state index is 12.9. The Kier molecular flexibility index (Phi) is 6.19. The zero-order valence-corrected chi connectivity index (χ0v) is 16.1. The molecule has 1 fully saturated rings. The number of rotatable bonds is 7. The fourth-order valence-corrected chi connectivity index (χ4v) is 3.98. The van der Waals surface area contributed by atoms with Crippen LogP contribution in [0.3, 0.4) is 0 Å². The molecule has 0 bridgehead atoms. The lowest BCUT2D eigenvalue weighted by Gasteiger charge is -2.28. The third-order valence-electron chi connectivity index (χ3n) is 4.97. The van der Waals surface area contributed by atoms with Crippen molar-refractivity contribution in [2.24, 2.45) is 0 Å². The van der Waals surface area contributed by atoms with Gasteiger partial charge < -0.3 is 14.3 Å². The first-order valence-electron chi connectivity index (χ1n) is 9.04. The summed E-state index contributed by atoms with van der Waals surface area (Å²) in [6.07, 6.45) is 8.61. The lowest BCUT2D eigenvalue weighted by Crippen LogP contribution is -2.38. The third kappa shape index (κ3) is 4.38. The molecule has 6 nitrogen and oxygen atoms in total. The van der Waals surface area contributed by atoms with Crippen LogP contribution in [0.15, 0.2) is 32.8 Å². The first-order valence-corrected chi connectivity index (χ1v) is 10.3. The van der Waals surface area contributed by atoms with Gasteiger partial charge in [0.05, 0.1) is 12.8 Å². The van der Waals surface area contributed by atoms with E-state index >= 15 is 0 Å². The molecule has 1 aliphatic carbocycles. The predicted octanol–water partition coefficient (Wildman–Crippen LogP) is 3.30. The minimum atomic E-state index is -0.145. The zero-order valence-electron chi connectivity index (χ0n) is 15.3. The Morgan fingerprint density at radius 1 is 1.42 bits per heavy atom. The van der Waals surface area contributed by atoms with Gasteiger partial charge in [0.15, 0.2) is 5.16 Å². The van der Waals surface area contributed by atoms with E-state index in [9.17, 15) is 9.59 Å². The number of hydrogen-bond acceptors (Lipinski definition) is 5. The van der Waals surface area contributed by atoms with E-state index in [0.29, 0.717) is 35.8 Å². The van der Waals surface area contributed by atoms with Crippen molar-refractivity contribution in [3.8, 4) is 0 Å². The zero-order chi connectivity index (χ0) is 18.5. The van der Waals surface area contributed by atoms with Gasteiger partial charge >= 0.3 is 0 Å². The van der Waals surface area contributed by atoms with E-state index in [1.54, 1.807) is 6.26 Å². The summed E-state index contributed by atoms with van der Waals surface area (Å²) in [4.78, 5) is 34.3. The van der Waals surface area contributed by atoms with E-state index in [-0.39, 0.29) is 17.5 Å². The molecule has 0 atom stereocenters. The Bertz CT molecular complexity index is 795. The summed E-state index contributed by atoms with van der Waals surface area (Å²) < 4.78 is 5.44. The maximum Gasteiger partial charge on any atom is 0.254 e. The van der Waals surface area contributed by atoms with Crippen LogP contribution < -0.4 is 5.56 Å². The Balaban J connectivity index is 1.70. The van der Waals surface area contributed by atoms with Crippen LogP contribution in [-0.4, -0.2) is 33.1 Å². The number of amides is 1. The molecule has 1 aliphatic rings. The molecule has 1 saturated carbocycles. The van der Waals surface area contributed by atoms with Crippen LogP contribution in [0.1, 0.15) is 49.1 Å². The summed E-state index contributed by atoms with van der Waals surface area (Å²) in [5.41, 5.74) is 1.15. The first kappa shape index (κ1) is 18.8. The molecule has 0 spiro atoms. The van der Waals surface area contributed by atoms with E-state index < -0.39 is 0 Å². The molecule has 26 heavy (non-hydrogen) atoms. The highest BCUT2D eigenvalue weighted by Gasteiger charge is 2.27. The molecule has 3 rings (SSSR count).